The average molecular weight is 214 g/mol. The maximum absolute atomic E-state index is 9.52. The molecule has 0 unspecified atom stereocenters. The summed E-state index contributed by atoms with van der Waals surface area (Å²) in [6.07, 6.45) is 0. The standard InChI is InChI=1S/C12H10N2O2/c13-11-7(15)3-1-5-6-2-4-8(16)12(14)10(6)9(5)11/h1-4,15-16H,13-14H2. The summed E-state index contributed by atoms with van der Waals surface area (Å²) in [6, 6.07) is 6.69. The number of aromatic hydroxyl groups is 2. The topological polar surface area (TPSA) is 92.5 Å². The molecule has 1 aliphatic carbocycles. The maximum Gasteiger partial charge on any atom is 0.139 e. The zero-order valence-corrected chi connectivity index (χ0v) is 8.36. The Kier molecular flexibility index (Phi) is 1.45. The third-order valence-corrected chi connectivity index (χ3v) is 2.99. The first kappa shape index (κ1) is 8.91. The minimum Gasteiger partial charge on any atom is -0.506 e. The van der Waals surface area contributed by atoms with Crippen molar-refractivity contribution in [2.45, 2.75) is 0 Å². The number of benzene rings is 2. The van der Waals surface area contributed by atoms with Crippen LogP contribution in [0.1, 0.15) is 0 Å². The van der Waals surface area contributed by atoms with Gasteiger partial charge in [0.1, 0.15) is 11.5 Å². The summed E-state index contributed by atoms with van der Waals surface area (Å²) in [5, 5.41) is 22.4. The Bertz CT molecular complexity index is 730. The smallest absolute Gasteiger partial charge is 0.139 e. The molecule has 0 spiro atoms. The van der Waals surface area contributed by atoms with Gasteiger partial charge in [-0.1, -0.05) is 0 Å². The minimum atomic E-state index is 0.0344. The molecule has 0 bridgehead atoms. The summed E-state index contributed by atoms with van der Waals surface area (Å²) < 4.78 is 0. The number of anilines is 2. The largest absolute Gasteiger partial charge is 0.506 e. The molecule has 16 heavy (non-hydrogen) atoms. The second-order valence-corrected chi connectivity index (χ2v) is 3.84. The number of rotatable bonds is 0. The number of hydrogen-bond donors (Lipinski definition) is 4. The molecule has 3 rings (SSSR count). The predicted octanol–water partition coefficient (Wildman–Crippen LogP) is 1.15. The number of phenolic OH excluding ortho intramolecular Hbond substituents is 2. The van der Waals surface area contributed by atoms with E-state index in [2.05, 4.69) is 0 Å². The maximum atomic E-state index is 9.52. The number of fused-ring (bicyclic) bond motifs is 2. The van der Waals surface area contributed by atoms with Crippen molar-refractivity contribution >= 4 is 11.4 Å². The van der Waals surface area contributed by atoms with Gasteiger partial charge in [0.15, 0.2) is 0 Å². The summed E-state index contributed by atoms with van der Waals surface area (Å²) in [4.78, 5) is 0. The van der Waals surface area contributed by atoms with Crippen LogP contribution >= 0.6 is 0 Å². The van der Waals surface area contributed by atoms with Crippen LogP contribution in [-0.4, -0.2) is 10.2 Å². The molecular weight excluding hydrogens is 204 g/mol. The van der Waals surface area contributed by atoms with Crippen LogP contribution in [0.3, 0.4) is 0 Å². The van der Waals surface area contributed by atoms with Crippen LogP contribution in [0.25, 0.3) is 0 Å². The average Bonchev–Trinajstić information content (AvgIpc) is 2.23. The third-order valence-electron chi connectivity index (χ3n) is 2.99. The molecule has 0 heterocycles. The van der Waals surface area contributed by atoms with E-state index < -0.39 is 0 Å². The SMILES string of the molecule is Nc1c(O)ccc2c1=c1c(N)c(O)ccc1=2. The van der Waals surface area contributed by atoms with Gasteiger partial charge in [-0.05, 0) is 34.7 Å². The van der Waals surface area contributed by atoms with E-state index in [-0.39, 0.29) is 11.5 Å². The Morgan fingerprint density at radius 3 is 1.44 bits per heavy atom. The van der Waals surface area contributed by atoms with E-state index in [1.54, 1.807) is 24.3 Å². The predicted molar refractivity (Wildman–Crippen MR) is 60.4 cm³/mol. The molecule has 0 saturated carbocycles. The highest BCUT2D eigenvalue weighted by molar-refractivity contribution is 5.63. The first-order chi connectivity index (χ1) is 7.61. The molecule has 2 aromatic carbocycles. The van der Waals surface area contributed by atoms with E-state index in [1.165, 1.54) is 0 Å². The van der Waals surface area contributed by atoms with Gasteiger partial charge < -0.3 is 21.7 Å². The monoisotopic (exact) mass is 214 g/mol. The van der Waals surface area contributed by atoms with Crippen molar-refractivity contribution in [1.82, 2.24) is 0 Å². The van der Waals surface area contributed by atoms with Crippen molar-refractivity contribution in [1.29, 1.82) is 0 Å². The quantitative estimate of drug-likeness (QED) is 0.333. The summed E-state index contributed by atoms with van der Waals surface area (Å²) in [7, 11) is 0. The Labute approximate surface area is 90.4 Å². The molecule has 0 aliphatic heterocycles. The molecule has 0 amide bonds. The van der Waals surface area contributed by atoms with Crippen LogP contribution in [-0.2, 0) is 0 Å². The van der Waals surface area contributed by atoms with E-state index in [0.717, 1.165) is 20.9 Å². The van der Waals surface area contributed by atoms with Crippen LogP contribution in [0.4, 0.5) is 11.4 Å². The Balaban J connectivity index is 2.68. The van der Waals surface area contributed by atoms with E-state index in [9.17, 15) is 10.2 Å². The third kappa shape index (κ3) is 0.839. The van der Waals surface area contributed by atoms with Gasteiger partial charge in [0.25, 0.3) is 0 Å². The fourth-order valence-electron chi connectivity index (χ4n) is 2.14. The Morgan fingerprint density at radius 2 is 1.06 bits per heavy atom. The molecule has 4 nitrogen and oxygen atoms in total. The van der Waals surface area contributed by atoms with Crippen LogP contribution in [0, 0.1) is 20.9 Å². The van der Waals surface area contributed by atoms with Crippen molar-refractivity contribution in [3.05, 3.63) is 45.1 Å². The summed E-state index contributed by atoms with van der Waals surface area (Å²) in [5.74, 6) is 0.0688. The van der Waals surface area contributed by atoms with Crippen LogP contribution in [0.2, 0.25) is 0 Å². The van der Waals surface area contributed by atoms with E-state index in [4.69, 9.17) is 11.5 Å². The number of nitrogen functional groups attached to an aromatic ring is 2. The summed E-state index contributed by atoms with van der Waals surface area (Å²) in [5.41, 5.74) is 12.2. The molecule has 0 radical (unpaired) electrons. The highest BCUT2D eigenvalue weighted by atomic mass is 16.3. The van der Waals surface area contributed by atoms with Gasteiger partial charge in [0, 0.05) is 10.4 Å². The van der Waals surface area contributed by atoms with Gasteiger partial charge >= 0.3 is 0 Å². The molecule has 1 aliphatic rings. The zero-order valence-electron chi connectivity index (χ0n) is 8.36. The van der Waals surface area contributed by atoms with E-state index >= 15 is 0 Å². The minimum absolute atomic E-state index is 0.0344. The first-order valence-electron chi connectivity index (χ1n) is 4.85. The number of nitrogens with two attached hydrogens (primary N) is 2. The van der Waals surface area contributed by atoms with Gasteiger partial charge in [-0.15, -0.1) is 0 Å². The molecule has 0 saturated heterocycles. The highest BCUT2D eigenvalue weighted by Crippen LogP contribution is 2.31. The normalized spacial score (nSPS) is 11.5. The van der Waals surface area contributed by atoms with Crippen LogP contribution in [0.5, 0.6) is 11.5 Å². The molecule has 4 heteroatoms. The van der Waals surface area contributed by atoms with Crippen molar-refractivity contribution < 1.29 is 10.2 Å². The second kappa shape index (κ2) is 2.61. The molecule has 80 valence electrons. The highest BCUT2D eigenvalue weighted by Gasteiger charge is 2.12. The molecule has 0 atom stereocenters. The molecular formula is C12H10N2O2. The molecule has 6 N–H and O–H groups in total. The molecule has 0 fully saturated rings. The van der Waals surface area contributed by atoms with Gasteiger partial charge in [-0.2, -0.15) is 0 Å². The zero-order chi connectivity index (χ0) is 11.4. The lowest BCUT2D eigenvalue weighted by Crippen LogP contribution is -2.01. The summed E-state index contributed by atoms with van der Waals surface area (Å²) in [6.45, 7) is 0. The van der Waals surface area contributed by atoms with Crippen molar-refractivity contribution in [2.75, 3.05) is 11.5 Å². The summed E-state index contributed by atoms with van der Waals surface area (Å²) >= 11 is 0. The van der Waals surface area contributed by atoms with Crippen molar-refractivity contribution in [3.63, 3.8) is 0 Å². The fourth-order valence-corrected chi connectivity index (χ4v) is 2.14. The van der Waals surface area contributed by atoms with Gasteiger partial charge in [-0.25, -0.2) is 0 Å². The van der Waals surface area contributed by atoms with Crippen LogP contribution < -0.4 is 11.5 Å². The van der Waals surface area contributed by atoms with Crippen LogP contribution in [0.15, 0.2) is 24.3 Å². The molecule has 2 aromatic rings. The van der Waals surface area contributed by atoms with Crippen molar-refractivity contribution in [3.8, 4) is 11.5 Å². The first-order valence-corrected chi connectivity index (χ1v) is 4.85. The fraction of sp³-hybridized carbons (Fsp3) is 0. The number of phenols is 2. The number of hydrogen-bond acceptors (Lipinski definition) is 4. The van der Waals surface area contributed by atoms with Gasteiger partial charge in [0.05, 0.1) is 11.4 Å². The lowest BCUT2D eigenvalue weighted by Gasteiger charge is -2.11. The Hall–Kier alpha value is -2.36. The lowest BCUT2D eigenvalue weighted by molar-refractivity contribution is 0.475. The van der Waals surface area contributed by atoms with Gasteiger partial charge in [-0.3, -0.25) is 0 Å². The van der Waals surface area contributed by atoms with E-state index in [0.29, 0.717) is 11.4 Å². The van der Waals surface area contributed by atoms with Gasteiger partial charge in [0.2, 0.25) is 0 Å². The lowest BCUT2D eigenvalue weighted by atomic mass is 9.98. The van der Waals surface area contributed by atoms with E-state index in [1.807, 2.05) is 0 Å². The Morgan fingerprint density at radius 1 is 0.688 bits per heavy atom. The molecule has 0 aromatic heterocycles. The van der Waals surface area contributed by atoms with Crippen molar-refractivity contribution in [2.24, 2.45) is 0 Å². The second-order valence-electron chi connectivity index (χ2n) is 3.84.